The summed E-state index contributed by atoms with van der Waals surface area (Å²) < 4.78 is 9.98. The molecule has 2 rings (SSSR count). The van der Waals surface area contributed by atoms with Crippen LogP contribution >= 0.6 is 0 Å². The van der Waals surface area contributed by atoms with Gasteiger partial charge in [-0.2, -0.15) is 0 Å². The van der Waals surface area contributed by atoms with E-state index in [1.165, 1.54) is 32.1 Å². The topological polar surface area (TPSA) is 64.6 Å². The molecule has 1 N–H and O–H groups in total. The Labute approximate surface area is 132 Å². The number of rotatable bonds is 8. The Kier molecular flexibility index (Phi) is 6.74. The number of amides is 1. The molecule has 0 radical (unpaired) electrons. The van der Waals surface area contributed by atoms with Gasteiger partial charge in [-0.15, -0.1) is 0 Å². The Hall–Kier alpha value is -1.52. The van der Waals surface area contributed by atoms with E-state index in [9.17, 15) is 9.59 Å². The summed E-state index contributed by atoms with van der Waals surface area (Å²) in [5, 5.41) is 2.90. The molecular weight excluding hydrogens is 282 g/mol. The van der Waals surface area contributed by atoms with Gasteiger partial charge in [-0.3, -0.25) is 0 Å². The molecule has 2 fully saturated rings. The van der Waals surface area contributed by atoms with E-state index < -0.39 is 5.97 Å². The molecule has 0 aromatic heterocycles. The predicted octanol–water partition coefficient (Wildman–Crippen LogP) is 3.05. The summed E-state index contributed by atoms with van der Waals surface area (Å²) in [7, 11) is 0. The van der Waals surface area contributed by atoms with Gasteiger partial charge < -0.3 is 14.8 Å². The van der Waals surface area contributed by atoms with Crippen LogP contribution in [-0.4, -0.2) is 31.8 Å². The fourth-order valence-electron chi connectivity index (χ4n) is 3.71. The van der Waals surface area contributed by atoms with Gasteiger partial charge in [-0.05, 0) is 43.4 Å². The van der Waals surface area contributed by atoms with Gasteiger partial charge in [0.25, 0.3) is 0 Å². The molecule has 22 heavy (non-hydrogen) atoms. The number of hydrogen-bond acceptors (Lipinski definition) is 4. The van der Waals surface area contributed by atoms with Crippen molar-refractivity contribution in [3.63, 3.8) is 0 Å². The first kappa shape index (κ1) is 16.8. The van der Waals surface area contributed by atoms with Crippen LogP contribution in [-0.2, 0) is 14.3 Å². The fourth-order valence-corrected chi connectivity index (χ4v) is 3.71. The van der Waals surface area contributed by atoms with Gasteiger partial charge in [0.05, 0.1) is 13.2 Å². The molecule has 0 aromatic rings. The van der Waals surface area contributed by atoms with Crippen molar-refractivity contribution in [1.29, 1.82) is 0 Å². The summed E-state index contributed by atoms with van der Waals surface area (Å²) in [5.41, 5.74) is 0. The monoisotopic (exact) mass is 309 g/mol. The van der Waals surface area contributed by atoms with E-state index in [0.29, 0.717) is 32.0 Å². The molecule has 5 nitrogen and oxygen atoms in total. The molecule has 2 aliphatic carbocycles. The molecule has 0 aromatic carbocycles. The van der Waals surface area contributed by atoms with Crippen molar-refractivity contribution in [2.75, 3.05) is 19.8 Å². The minimum absolute atomic E-state index is 0.329. The van der Waals surface area contributed by atoms with Crippen LogP contribution in [0.2, 0.25) is 0 Å². The van der Waals surface area contributed by atoms with Crippen LogP contribution in [0, 0.1) is 17.8 Å². The van der Waals surface area contributed by atoms with Gasteiger partial charge in [0, 0.05) is 12.6 Å². The maximum Gasteiger partial charge on any atom is 0.407 e. The highest BCUT2D eigenvalue weighted by molar-refractivity contribution is 5.81. The third-order valence-electron chi connectivity index (χ3n) is 4.82. The largest absolute Gasteiger partial charge is 0.463 e. The molecule has 0 aliphatic heterocycles. The third-order valence-corrected chi connectivity index (χ3v) is 4.82. The van der Waals surface area contributed by atoms with Crippen LogP contribution in [0.25, 0.3) is 0 Å². The Bertz CT molecular complexity index is 396. The Morgan fingerprint density at radius 2 is 1.91 bits per heavy atom. The van der Waals surface area contributed by atoms with Crippen molar-refractivity contribution in [3.05, 3.63) is 12.7 Å². The van der Waals surface area contributed by atoms with Crippen LogP contribution in [0.15, 0.2) is 12.7 Å². The molecule has 3 unspecified atom stereocenters. The van der Waals surface area contributed by atoms with Crippen molar-refractivity contribution in [3.8, 4) is 0 Å². The zero-order chi connectivity index (χ0) is 15.8. The van der Waals surface area contributed by atoms with Crippen LogP contribution in [0.1, 0.15) is 44.9 Å². The van der Waals surface area contributed by atoms with E-state index in [0.717, 1.165) is 24.5 Å². The molecule has 0 spiro atoms. The van der Waals surface area contributed by atoms with E-state index in [4.69, 9.17) is 9.47 Å². The zero-order valence-electron chi connectivity index (χ0n) is 13.2. The van der Waals surface area contributed by atoms with Gasteiger partial charge >= 0.3 is 12.1 Å². The highest BCUT2D eigenvalue weighted by Crippen LogP contribution is 2.45. The SMILES string of the molecule is C=CC(=O)OCCCCOC(=O)NCC1CC2CCCC1C2. The highest BCUT2D eigenvalue weighted by Gasteiger charge is 2.36. The summed E-state index contributed by atoms with van der Waals surface area (Å²) in [6.07, 6.45) is 8.84. The van der Waals surface area contributed by atoms with Crippen LogP contribution in [0.4, 0.5) is 4.79 Å². The van der Waals surface area contributed by atoms with Gasteiger partial charge in [-0.25, -0.2) is 9.59 Å². The number of carbonyl (C=O) groups excluding carboxylic acids is 2. The Morgan fingerprint density at radius 1 is 1.14 bits per heavy atom. The smallest absolute Gasteiger partial charge is 0.407 e. The van der Waals surface area contributed by atoms with Gasteiger partial charge in [0.2, 0.25) is 0 Å². The molecule has 3 atom stereocenters. The van der Waals surface area contributed by atoms with Crippen molar-refractivity contribution in [1.82, 2.24) is 5.32 Å². The number of fused-ring (bicyclic) bond motifs is 2. The molecule has 2 bridgehead atoms. The van der Waals surface area contributed by atoms with Gasteiger partial charge in [-0.1, -0.05) is 25.8 Å². The van der Waals surface area contributed by atoms with Crippen LogP contribution in [0.3, 0.4) is 0 Å². The highest BCUT2D eigenvalue weighted by atomic mass is 16.5. The second kappa shape index (κ2) is 8.81. The molecular formula is C17H27NO4. The number of carbonyl (C=O) groups is 2. The summed E-state index contributed by atoms with van der Waals surface area (Å²) in [6, 6.07) is 0. The lowest BCUT2D eigenvalue weighted by atomic mass is 9.87. The van der Waals surface area contributed by atoms with Gasteiger partial charge in [0.1, 0.15) is 0 Å². The minimum Gasteiger partial charge on any atom is -0.463 e. The van der Waals surface area contributed by atoms with E-state index >= 15 is 0 Å². The van der Waals surface area contributed by atoms with Crippen LogP contribution < -0.4 is 5.32 Å². The predicted molar refractivity (Wildman–Crippen MR) is 83.3 cm³/mol. The molecule has 0 heterocycles. The lowest BCUT2D eigenvalue weighted by Gasteiger charge is -2.21. The molecule has 2 saturated carbocycles. The lowest BCUT2D eigenvalue weighted by Crippen LogP contribution is -2.31. The summed E-state index contributed by atoms with van der Waals surface area (Å²) >= 11 is 0. The number of hydrogen-bond donors (Lipinski definition) is 1. The first-order valence-electron chi connectivity index (χ1n) is 8.39. The van der Waals surface area contributed by atoms with E-state index in [-0.39, 0.29) is 6.09 Å². The maximum atomic E-state index is 11.6. The van der Waals surface area contributed by atoms with E-state index in [2.05, 4.69) is 11.9 Å². The Balaban J connectivity index is 1.48. The fraction of sp³-hybridized carbons (Fsp3) is 0.765. The third kappa shape index (κ3) is 5.35. The quantitative estimate of drug-likeness (QED) is 0.425. The zero-order valence-corrected chi connectivity index (χ0v) is 13.2. The first-order valence-corrected chi connectivity index (χ1v) is 8.39. The number of unbranched alkanes of at least 4 members (excludes halogenated alkanes) is 1. The summed E-state index contributed by atoms with van der Waals surface area (Å²) in [4.78, 5) is 22.5. The second-order valence-electron chi connectivity index (χ2n) is 6.38. The van der Waals surface area contributed by atoms with Crippen molar-refractivity contribution < 1.29 is 19.1 Å². The van der Waals surface area contributed by atoms with Crippen molar-refractivity contribution in [2.24, 2.45) is 17.8 Å². The second-order valence-corrected chi connectivity index (χ2v) is 6.38. The van der Waals surface area contributed by atoms with Crippen molar-refractivity contribution in [2.45, 2.75) is 44.9 Å². The summed E-state index contributed by atoms with van der Waals surface area (Å²) in [5.74, 6) is 1.91. The molecule has 2 aliphatic rings. The minimum atomic E-state index is -0.416. The Morgan fingerprint density at radius 3 is 2.64 bits per heavy atom. The van der Waals surface area contributed by atoms with Gasteiger partial charge in [0.15, 0.2) is 0 Å². The first-order chi connectivity index (χ1) is 10.7. The molecule has 5 heteroatoms. The van der Waals surface area contributed by atoms with Crippen molar-refractivity contribution >= 4 is 12.1 Å². The molecule has 1 amide bonds. The van der Waals surface area contributed by atoms with E-state index in [1.807, 2.05) is 0 Å². The van der Waals surface area contributed by atoms with E-state index in [1.54, 1.807) is 0 Å². The summed E-state index contributed by atoms with van der Waals surface area (Å²) in [6.45, 7) is 4.76. The number of esters is 1. The molecule has 0 saturated heterocycles. The average Bonchev–Trinajstić information content (AvgIpc) is 2.81. The standard InChI is InChI=1S/C17H27NO4/c1-2-16(19)21-8-3-4-9-22-17(20)18-12-15-11-13-6-5-7-14(15)10-13/h2,13-15H,1,3-12H2,(H,18,20). The lowest BCUT2D eigenvalue weighted by molar-refractivity contribution is -0.137. The van der Waals surface area contributed by atoms with Crippen LogP contribution in [0.5, 0.6) is 0 Å². The number of alkyl carbamates (subject to hydrolysis) is 1. The molecule has 124 valence electrons. The number of ether oxygens (including phenoxy) is 2. The average molecular weight is 309 g/mol. The maximum absolute atomic E-state index is 11.6. The normalized spacial score (nSPS) is 26.3. The number of nitrogens with one attached hydrogen (secondary N) is 1.